The molecule has 7 heteroatoms. The zero-order chi connectivity index (χ0) is 17.4. The van der Waals surface area contributed by atoms with Gasteiger partial charge in [0.25, 0.3) is 5.56 Å². The molecule has 0 unspecified atom stereocenters. The maximum Gasteiger partial charge on any atom is 0.334 e. The van der Waals surface area contributed by atoms with Gasteiger partial charge in [-0.05, 0) is 29.8 Å². The molecule has 4 rings (SSSR count). The summed E-state index contributed by atoms with van der Waals surface area (Å²) in [6.45, 7) is 0. The molecule has 4 aromatic rings. The Labute approximate surface area is 146 Å². The van der Waals surface area contributed by atoms with Crippen molar-refractivity contribution in [3.63, 3.8) is 0 Å². The van der Waals surface area contributed by atoms with Crippen LogP contribution in [0.4, 0.5) is 0 Å². The van der Waals surface area contributed by atoms with Gasteiger partial charge in [-0.1, -0.05) is 41.9 Å². The summed E-state index contributed by atoms with van der Waals surface area (Å²) in [5.74, 6) is 0.611. The molecule has 6 nitrogen and oxygen atoms in total. The number of hydrogen-bond donors (Lipinski definition) is 2. The fourth-order valence-electron chi connectivity index (χ4n) is 2.75. The molecule has 0 aliphatic heterocycles. The molecule has 2 heterocycles. The minimum atomic E-state index is -0.544. The third kappa shape index (κ3) is 2.88. The average Bonchev–Trinajstić information content (AvgIpc) is 3.01. The van der Waals surface area contributed by atoms with E-state index in [1.807, 2.05) is 30.3 Å². The van der Waals surface area contributed by atoms with Crippen molar-refractivity contribution in [2.45, 2.75) is 6.42 Å². The van der Waals surface area contributed by atoms with E-state index in [1.54, 1.807) is 24.3 Å². The highest BCUT2D eigenvalue weighted by molar-refractivity contribution is 6.30. The van der Waals surface area contributed by atoms with Crippen LogP contribution in [0.3, 0.4) is 0 Å². The van der Waals surface area contributed by atoms with Crippen LogP contribution in [0, 0.1) is 0 Å². The molecule has 0 amide bonds. The van der Waals surface area contributed by atoms with Gasteiger partial charge in [-0.2, -0.15) is 0 Å². The first-order valence-electron chi connectivity index (χ1n) is 7.65. The molecule has 0 spiro atoms. The lowest BCUT2D eigenvalue weighted by Crippen LogP contribution is -2.29. The van der Waals surface area contributed by atoms with Crippen molar-refractivity contribution >= 4 is 22.8 Å². The lowest BCUT2D eigenvalue weighted by atomic mass is 10.1. The monoisotopic (exact) mass is 352 g/mol. The number of imidazole rings is 1. The first-order chi connectivity index (χ1) is 12.1. The van der Waals surface area contributed by atoms with Gasteiger partial charge >= 0.3 is 5.69 Å². The Hall–Kier alpha value is -3.12. The molecule has 0 saturated heterocycles. The Kier molecular flexibility index (Phi) is 3.74. The van der Waals surface area contributed by atoms with Gasteiger partial charge in [0.15, 0.2) is 5.65 Å². The summed E-state index contributed by atoms with van der Waals surface area (Å²) < 4.78 is 1.36. The van der Waals surface area contributed by atoms with E-state index in [9.17, 15) is 9.59 Å². The molecular weight excluding hydrogens is 340 g/mol. The van der Waals surface area contributed by atoms with Gasteiger partial charge in [0.1, 0.15) is 11.3 Å². The van der Waals surface area contributed by atoms with Gasteiger partial charge in [0.05, 0.1) is 5.69 Å². The van der Waals surface area contributed by atoms with E-state index in [0.29, 0.717) is 28.6 Å². The minimum Gasteiger partial charge on any atom is -0.336 e. The summed E-state index contributed by atoms with van der Waals surface area (Å²) in [5, 5.41) is 0.560. The lowest BCUT2D eigenvalue weighted by molar-refractivity contribution is 0.927. The highest BCUT2D eigenvalue weighted by Gasteiger charge is 2.14. The van der Waals surface area contributed by atoms with Crippen molar-refractivity contribution < 1.29 is 0 Å². The van der Waals surface area contributed by atoms with E-state index >= 15 is 0 Å². The van der Waals surface area contributed by atoms with Gasteiger partial charge in [-0.3, -0.25) is 9.78 Å². The minimum absolute atomic E-state index is 0.264. The molecule has 0 radical (unpaired) electrons. The molecular formula is C18H13ClN4O2. The van der Waals surface area contributed by atoms with Gasteiger partial charge < -0.3 is 4.98 Å². The van der Waals surface area contributed by atoms with E-state index in [1.165, 1.54) is 4.57 Å². The quantitative estimate of drug-likeness (QED) is 0.594. The predicted octanol–water partition coefficient (Wildman–Crippen LogP) is 2.65. The standard InChI is InChI=1S/C18H13ClN4O2/c19-12-6-8-13(9-7-12)23-16-15(17(24)22-18(23)25)20-14(21-16)10-11-4-2-1-3-5-11/h1-9H,10H2,(H,20,21)(H,22,24,25). The number of halogens is 1. The third-order valence-electron chi connectivity index (χ3n) is 3.90. The van der Waals surface area contributed by atoms with Crippen LogP contribution < -0.4 is 11.2 Å². The van der Waals surface area contributed by atoms with Crippen LogP contribution in [-0.2, 0) is 6.42 Å². The molecule has 0 atom stereocenters. The maximum absolute atomic E-state index is 12.3. The summed E-state index contributed by atoms with van der Waals surface area (Å²) in [5.41, 5.74) is 1.16. The van der Waals surface area contributed by atoms with E-state index in [0.717, 1.165) is 5.56 Å². The van der Waals surface area contributed by atoms with Crippen LogP contribution in [-0.4, -0.2) is 19.5 Å². The van der Waals surface area contributed by atoms with Crippen LogP contribution in [0.15, 0.2) is 64.2 Å². The number of aromatic nitrogens is 4. The van der Waals surface area contributed by atoms with Crippen LogP contribution in [0.25, 0.3) is 16.9 Å². The Morgan fingerprint density at radius 3 is 2.40 bits per heavy atom. The maximum atomic E-state index is 12.3. The summed E-state index contributed by atoms with van der Waals surface area (Å²) in [6, 6.07) is 16.5. The number of hydrogen-bond acceptors (Lipinski definition) is 3. The van der Waals surface area contributed by atoms with Crippen LogP contribution in [0.2, 0.25) is 5.02 Å². The van der Waals surface area contributed by atoms with E-state index in [-0.39, 0.29) is 5.52 Å². The fraction of sp³-hybridized carbons (Fsp3) is 0.0556. The number of rotatable bonds is 3. The molecule has 2 N–H and O–H groups in total. The number of nitrogens with zero attached hydrogens (tertiary/aromatic N) is 2. The largest absolute Gasteiger partial charge is 0.336 e. The molecule has 2 aromatic carbocycles. The van der Waals surface area contributed by atoms with E-state index < -0.39 is 11.2 Å². The van der Waals surface area contributed by atoms with Crippen molar-refractivity contribution in [2.75, 3.05) is 0 Å². The Balaban J connectivity index is 1.90. The summed E-state index contributed by atoms with van der Waals surface area (Å²) in [7, 11) is 0. The molecule has 124 valence electrons. The highest BCUT2D eigenvalue weighted by Crippen LogP contribution is 2.16. The molecule has 0 aliphatic carbocycles. The van der Waals surface area contributed by atoms with E-state index in [2.05, 4.69) is 15.0 Å². The van der Waals surface area contributed by atoms with Crippen LogP contribution in [0.5, 0.6) is 0 Å². The van der Waals surface area contributed by atoms with E-state index in [4.69, 9.17) is 11.6 Å². The van der Waals surface area contributed by atoms with Gasteiger partial charge in [0.2, 0.25) is 0 Å². The second-order valence-electron chi connectivity index (χ2n) is 5.62. The van der Waals surface area contributed by atoms with Crippen molar-refractivity contribution in [3.8, 4) is 5.69 Å². The molecule has 0 bridgehead atoms. The van der Waals surface area contributed by atoms with Crippen LogP contribution in [0.1, 0.15) is 11.4 Å². The summed E-state index contributed by atoms with van der Waals surface area (Å²) in [4.78, 5) is 34.3. The second-order valence-corrected chi connectivity index (χ2v) is 6.05. The lowest BCUT2D eigenvalue weighted by Gasteiger charge is -2.05. The molecule has 0 fully saturated rings. The molecule has 0 aliphatic rings. The number of aromatic amines is 2. The van der Waals surface area contributed by atoms with Gasteiger partial charge in [-0.15, -0.1) is 0 Å². The molecule has 25 heavy (non-hydrogen) atoms. The average molecular weight is 353 g/mol. The van der Waals surface area contributed by atoms with Crippen molar-refractivity contribution in [2.24, 2.45) is 0 Å². The first-order valence-corrected chi connectivity index (χ1v) is 8.03. The predicted molar refractivity (Wildman–Crippen MR) is 96.6 cm³/mol. The van der Waals surface area contributed by atoms with Crippen molar-refractivity contribution in [1.29, 1.82) is 0 Å². The Morgan fingerprint density at radius 2 is 1.68 bits per heavy atom. The zero-order valence-corrected chi connectivity index (χ0v) is 13.7. The summed E-state index contributed by atoms with van der Waals surface area (Å²) >= 11 is 5.91. The van der Waals surface area contributed by atoms with Gasteiger partial charge in [-0.25, -0.2) is 14.3 Å². The molecule has 2 aromatic heterocycles. The topological polar surface area (TPSA) is 83.5 Å². The van der Waals surface area contributed by atoms with Gasteiger partial charge in [0, 0.05) is 11.4 Å². The normalized spacial score (nSPS) is 11.1. The number of benzene rings is 2. The number of H-pyrrole nitrogens is 2. The SMILES string of the molecule is O=c1[nH]c(=O)n(-c2ccc(Cl)cc2)c2nc(Cc3ccccc3)[nH]c12. The zero-order valence-electron chi connectivity index (χ0n) is 13.0. The molecule has 0 saturated carbocycles. The fourth-order valence-corrected chi connectivity index (χ4v) is 2.87. The van der Waals surface area contributed by atoms with Crippen LogP contribution >= 0.6 is 11.6 Å². The smallest absolute Gasteiger partial charge is 0.334 e. The van der Waals surface area contributed by atoms with Crippen molar-refractivity contribution in [3.05, 3.63) is 91.8 Å². The Morgan fingerprint density at radius 1 is 0.960 bits per heavy atom. The number of nitrogens with one attached hydrogen (secondary N) is 2. The van der Waals surface area contributed by atoms with Crippen molar-refractivity contribution in [1.82, 2.24) is 19.5 Å². The third-order valence-corrected chi connectivity index (χ3v) is 4.15. The summed E-state index contributed by atoms with van der Waals surface area (Å²) in [6.07, 6.45) is 0.532. The first kappa shape index (κ1) is 15.4. The highest BCUT2D eigenvalue weighted by atomic mass is 35.5. The Bertz CT molecular complexity index is 1160. The second kappa shape index (κ2) is 6.07. The number of fused-ring (bicyclic) bond motifs is 1.